The summed E-state index contributed by atoms with van der Waals surface area (Å²) in [6, 6.07) is 7.72. The minimum atomic E-state index is -0.186. The van der Waals surface area contributed by atoms with Gasteiger partial charge >= 0.3 is 0 Å². The Bertz CT molecular complexity index is 890. The number of para-hydroxylation sites is 1. The summed E-state index contributed by atoms with van der Waals surface area (Å²) in [4.78, 5) is 19.8. The van der Waals surface area contributed by atoms with Crippen LogP contribution in [0.1, 0.15) is 32.5 Å². The molecular formula is C18H23N5O2. The number of imidazole rings is 1. The van der Waals surface area contributed by atoms with Gasteiger partial charge in [-0.3, -0.25) is 0 Å². The number of nitrogens with two attached hydrogens (primary N) is 1. The number of hydrogen-bond acceptors (Lipinski definition) is 6. The van der Waals surface area contributed by atoms with Gasteiger partial charge < -0.3 is 15.0 Å². The van der Waals surface area contributed by atoms with Gasteiger partial charge in [-0.1, -0.05) is 23.4 Å². The standard InChI is InChI=1S/C18H23N5O2/c1-3-25-11-15-21-16-17(23(15)10-6-7-12(2)22-24)13-8-4-5-9-14(13)20-18(16)19/h4-5,8-9,12H,3,6-7,10-11H2,1-2H3,(H2,19,20). The van der Waals surface area contributed by atoms with Gasteiger partial charge in [0.1, 0.15) is 17.9 Å². The lowest BCUT2D eigenvalue weighted by Gasteiger charge is -2.11. The fourth-order valence-electron chi connectivity index (χ4n) is 3.05. The number of benzene rings is 1. The number of ether oxygens (including phenoxy) is 1. The van der Waals surface area contributed by atoms with Crippen molar-refractivity contribution in [3.8, 4) is 0 Å². The van der Waals surface area contributed by atoms with Crippen LogP contribution in [0, 0.1) is 4.91 Å². The lowest BCUT2D eigenvalue weighted by atomic mass is 10.1. The van der Waals surface area contributed by atoms with Gasteiger partial charge in [-0.25, -0.2) is 9.97 Å². The molecule has 7 heteroatoms. The Hall–Kier alpha value is -2.54. The second-order valence-corrected chi connectivity index (χ2v) is 6.12. The van der Waals surface area contributed by atoms with Crippen molar-refractivity contribution in [2.24, 2.45) is 5.18 Å². The first-order chi connectivity index (χ1) is 12.2. The Kier molecular flexibility index (Phi) is 5.23. The first-order valence-corrected chi connectivity index (χ1v) is 8.59. The quantitative estimate of drug-likeness (QED) is 0.631. The average Bonchev–Trinajstić information content (AvgIpc) is 2.99. The van der Waals surface area contributed by atoms with E-state index >= 15 is 0 Å². The molecule has 0 aliphatic heterocycles. The van der Waals surface area contributed by atoms with Crippen LogP contribution in [0.5, 0.6) is 0 Å². The number of rotatable bonds is 8. The van der Waals surface area contributed by atoms with E-state index in [0.717, 1.165) is 41.6 Å². The summed E-state index contributed by atoms with van der Waals surface area (Å²) >= 11 is 0. The number of fused-ring (bicyclic) bond motifs is 3. The summed E-state index contributed by atoms with van der Waals surface area (Å²) in [5.41, 5.74) is 8.67. The molecule has 0 radical (unpaired) electrons. The Balaban J connectivity index is 2.10. The fraction of sp³-hybridized carbons (Fsp3) is 0.444. The summed E-state index contributed by atoms with van der Waals surface area (Å²) < 4.78 is 7.72. The molecule has 0 amide bonds. The van der Waals surface area contributed by atoms with E-state index in [2.05, 4.69) is 19.7 Å². The molecule has 0 spiro atoms. The molecule has 1 aromatic carbocycles. The van der Waals surface area contributed by atoms with Crippen LogP contribution in [0.15, 0.2) is 29.4 Å². The maximum atomic E-state index is 10.6. The molecule has 0 bridgehead atoms. The SMILES string of the molecule is CCOCc1nc2c(N)nc3ccccc3c2n1CCCC(C)N=O. The number of hydrogen-bond donors (Lipinski definition) is 1. The molecule has 0 aliphatic carbocycles. The van der Waals surface area contributed by atoms with E-state index in [1.807, 2.05) is 38.1 Å². The zero-order valence-electron chi connectivity index (χ0n) is 14.6. The summed E-state index contributed by atoms with van der Waals surface area (Å²) in [5.74, 6) is 1.25. The van der Waals surface area contributed by atoms with E-state index in [0.29, 0.717) is 24.5 Å². The van der Waals surface area contributed by atoms with Gasteiger partial charge in [-0.2, -0.15) is 4.91 Å². The molecule has 0 saturated carbocycles. The van der Waals surface area contributed by atoms with Gasteiger partial charge in [0.15, 0.2) is 5.82 Å². The van der Waals surface area contributed by atoms with Crippen molar-refractivity contribution in [3.05, 3.63) is 35.0 Å². The van der Waals surface area contributed by atoms with Gasteiger partial charge in [0, 0.05) is 18.5 Å². The van der Waals surface area contributed by atoms with E-state index in [-0.39, 0.29) is 6.04 Å². The maximum Gasteiger partial charge on any atom is 0.152 e. The van der Waals surface area contributed by atoms with Crippen molar-refractivity contribution in [1.29, 1.82) is 0 Å². The first kappa shape index (κ1) is 17.3. The van der Waals surface area contributed by atoms with E-state index in [1.54, 1.807) is 0 Å². The second-order valence-electron chi connectivity index (χ2n) is 6.12. The van der Waals surface area contributed by atoms with Crippen LogP contribution in [0.4, 0.5) is 5.82 Å². The molecule has 0 fully saturated rings. The van der Waals surface area contributed by atoms with Crippen LogP contribution >= 0.6 is 0 Å². The highest BCUT2D eigenvalue weighted by atomic mass is 16.5. The summed E-state index contributed by atoms with van der Waals surface area (Å²) in [5, 5.41) is 4.09. The number of aryl methyl sites for hydroxylation is 1. The van der Waals surface area contributed by atoms with Gasteiger partial charge in [-0.15, -0.1) is 0 Å². The first-order valence-electron chi connectivity index (χ1n) is 8.59. The average molecular weight is 341 g/mol. The lowest BCUT2D eigenvalue weighted by molar-refractivity contribution is 0.126. The van der Waals surface area contributed by atoms with Crippen LogP contribution in [-0.2, 0) is 17.9 Å². The van der Waals surface area contributed by atoms with Crippen molar-refractivity contribution in [2.45, 2.75) is 45.9 Å². The van der Waals surface area contributed by atoms with E-state index in [4.69, 9.17) is 10.5 Å². The van der Waals surface area contributed by atoms with Gasteiger partial charge in [-0.05, 0) is 32.8 Å². The molecule has 0 saturated heterocycles. The van der Waals surface area contributed by atoms with Crippen LogP contribution in [-0.4, -0.2) is 27.2 Å². The largest absolute Gasteiger partial charge is 0.382 e. The molecule has 1 atom stereocenters. The Morgan fingerprint density at radius 1 is 1.32 bits per heavy atom. The molecule has 7 nitrogen and oxygen atoms in total. The van der Waals surface area contributed by atoms with Crippen LogP contribution in [0.25, 0.3) is 21.9 Å². The number of nitrogen functional groups attached to an aromatic ring is 1. The molecule has 2 N–H and O–H groups in total. The van der Waals surface area contributed by atoms with E-state index < -0.39 is 0 Å². The maximum absolute atomic E-state index is 10.6. The second kappa shape index (κ2) is 7.57. The topological polar surface area (TPSA) is 95.4 Å². The Labute approximate surface area is 146 Å². The molecule has 25 heavy (non-hydrogen) atoms. The highest BCUT2D eigenvalue weighted by molar-refractivity contribution is 6.06. The third-order valence-electron chi connectivity index (χ3n) is 4.31. The molecule has 132 valence electrons. The zero-order valence-corrected chi connectivity index (χ0v) is 14.6. The number of nitrogens with zero attached hydrogens (tertiary/aromatic N) is 4. The van der Waals surface area contributed by atoms with E-state index in [9.17, 15) is 4.91 Å². The van der Waals surface area contributed by atoms with Crippen molar-refractivity contribution >= 4 is 27.8 Å². The monoisotopic (exact) mass is 341 g/mol. The predicted molar refractivity (Wildman–Crippen MR) is 99.3 cm³/mol. The molecule has 2 heterocycles. The fourth-order valence-corrected chi connectivity index (χ4v) is 3.05. The number of nitroso groups, excluding NO2 is 1. The van der Waals surface area contributed by atoms with Crippen molar-refractivity contribution in [1.82, 2.24) is 14.5 Å². The molecule has 3 rings (SSSR count). The van der Waals surface area contributed by atoms with Crippen molar-refractivity contribution in [3.63, 3.8) is 0 Å². The van der Waals surface area contributed by atoms with E-state index in [1.165, 1.54) is 0 Å². The lowest BCUT2D eigenvalue weighted by Crippen LogP contribution is -2.08. The van der Waals surface area contributed by atoms with Crippen LogP contribution < -0.4 is 5.73 Å². The summed E-state index contributed by atoms with van der Waals surface area (Å²) in [6.45, 7) is 5.55. The Morgan fingerprint density at radius 2 is 2.12 bits per heavy atom. The smallest absolute Gasteiger partial charge is 0.152 e. The van der Waals surface area contributed by atoms with Gasteiger partial charge in [0.2, 0.25) is 0 Å². The van der Waals surface area contributed by atoms with Crippen molar-refractivity contribution < 1.29 is 4.74 Å². The van der Waals surface area contributed by atoms with Crippen LogP contribution in [0.2, 0.25) is 0 Å². The third-order valence-corrected chi connectivity index (χ3v) is 4.31. The van der Waals surface area contributed by atoms with Gasteiger partial charge in [0.05, 0.1) is 17.1 Å². The molecular weight excluding hydrogens is 318 g/mol. The molecule has 2 aromatic heterocycles. The molecule has 0 aliphatic rings. The highest BCUT2D eigenvalue weighted by Gasteiger charge is 2.17. The molecule has 1 unspecified atom stereocenters. The normalized spacial score (nSPS) is 12.7. The minimum absolute atomic E-state index is 0.186. The number of anilines is 1. The minimum Gasteiger partial charge on any atom is -0.382 e. The summed E-state index contributed by atoms with van der Waals surface area (Å²) in [7, 11) is 0. The Morgan fingerprint density at radius 3 is 2.88 bits per heavy atom. The highest BCUT2D eigenvalue weighted by Crippen LogP contribution is 2.29. The number of aromatic nitrogens is 3. The van der Waals surface area contributed by atoms with Crippen molar-refractivity contribution in [2.75, 3.05) is 12.3 Å². The predicted octanol–water partition coefficient (Wildman–Crippen LogP) is 3.64. The molecule has 3 aromatic rings. The third kappa shape index (κ3) is 3.46. The zero-order chi connectivity index (χ0) is 17.8. The number of pyridine rings is 1. The summed E-state index contributed by atoms with van der Waals surface area (Å²) in [6.07, 6.45) is 1.56. The van der Waals surface area contributed by atoms with Crippen LogP contribution in [0.3, 0.4) is 0 Å². The van der Waals surface area contributed by atoms with Gasteiger partial charge in [0.25, 0.3) is 0 Å².